The summed E-state index contributed by atoms with van der Waals surface area (Å²) >= 11 is 0. The van der Waals surface area contributed by atoms with Crippen LogP contribution in [-0.4, -0.2) is 33.2 Å². The molecule has 2 N–H and O–H groups in total. The first-order valence-corrected chi connectivity index (χ1v) is 10.1. The number of aromatic amines is 1. The average Bonchev–Trinajstić information content (AvgIpc) is 3.46. The third-order valence-corrected chi connectivity index (χ3v) is 5.73. The molecule has 4 rings (SSSR count). The lowest BCUT2D eigenvalue weighted by molar-refractivity contribution is -0.129. The summed E-state index contributed by atoms with van der Waals surface area (Å²) in [5, 5.41) is 3.15. The van der Waals surface area contributed by atoms with Crippen molar-refractivity contribution in [3.8, 4) is 0 Å². The van der Waals surface area contributed by atoms with Crippen molar-refractivity contribution in [2.75, 3.05) is 6.54 Å². The highest BCUT2D eigenvalue weighted by Gasteiger charge is 2.36. The Balaban J connectivity index is 1.47. The van der Waals surface area contributed by atoms with Crippen LogP contribution in [0.15, 0.2) is 47.1 Å². The summed E-state index contributed by atoms with van der Waals surface area (Å²) in [6.07, 6.45) is 2.71. The Morgan fingerprint density at radius 1 is 1.34 bits per heavy atom. The predicted molar refractivity (Wildman–Crippen MR) is 109 cm³/mol. The number of rotatable bonds is 7. The molecular weight excluding hydrogens is 368 g/mol. The lowest BCUT2D eigenvalue weighted by atomic mass is 9.97. The lowest BCUT2D eigenvalue weighted by Gasteiger charge is -2.24. The molecule has 3 heterocycles. The molecular formula is C22H26N4O3. The molecule has 7 nitrogen and oxygen atoms in total. The highest BCUT2D eigenvalue weighted by molar-refractivity contribution is 5.89. The van der Waals surface area contributed by atoms with E-state index in [0.29, 0.717) is 13.1 Å². The number of nitrogens with zero attached hydrogens (tertiary/aromatic N) is 2. The van der Waals surface area contributed by atoms with Gasteiger partial charge in [0.15, 0.2) is 0 Å². The molecule has 152 valence electrons. The molecule has 0 bridgehead atoms. The Kier molecular flexibility index (Phi) is 5.38. The average molecular weight is 394 g/mol. The van der Waals surface area contributed by atoms with E-state index in [1.807, 2.05) is 30.3 Å². The SMILES string of the molecule is CC[C@@H](C)[C@H](NC(=O)[C@@H]1CC(=O)N(Cc2ccco2)C1)c1nc2ccccc2[nH]1. The number of fused-ring (bicyclic) bond motifs is 1. The molecule has 1 aliphatic heterocycles. The summed E-state index contributed by atoms with van der Waals surface area (Å²) in [7, 11) is 0. The zero-order chi connectivity index (χ0) is 20.4. The maximum absolute atomic E-state index is 13.0. The second-order valence-electron chi connectivity index (χ2n) is 7.77. The van der Waals surface area contributed by atoms with Gasteiger partial charge in [-0.15, -0.1) is 0 Å². The lowest BCUT2D eigenvalue weighted by Crippen LogP contribution is -2.38. The van der Waals surface area contributed by atoms with Crippen LogP contribution in [0, 0.1) is 11.8 Å². The molecule has 1 saturated heterocycles. The summed E-state index contributed by atoms with van der Waals surface area (Å²) in [5.41, 5.74) is 1.83. The molecule has 29 heavy (non-hydrogen) atoms. The number of aromatic nitrogens is 2. The van der Waals surface area contributed by atoms with E-state index in [9.17, 15) is 9.59 Å². The number of hydrogen-bond donors (Lipinski definition) is 2. The number of para-hydroxylation sites is 2. The van der Waals surface area contributed by atoms with Gasteiger partial charge in [-0.1, -0.05) is 32.4 Å². The minimum Gasteiger partial charge on any atom is -0.467 e. The van der Waals surface area contributed by atoms with Crippen LogP contribution in [0.25, 0.3) is 11.0 Å². The topological polar surface area (TPSA) is 91.2 Å². The molecule has 2 amide bonds. The van der Waals surface area contributed by atoms with E-state index in [0.717, 1.165) is 29.0 Å². The highest BCUT2D eigenvalue weighted by atomic mass is 16.3. The molecule has 0 unspecified atom stereocenters. The Morgan fingerprint density at radius 2 is 2.17 bits per heavy atom. The Bertz CT molecular complexity index is 962. The van der Waals surface area contributed by atoms with Crippen LogP contribution in [0.4, 0.5) is 0 Å². The zero-order valence-corrected chi connectivity index (χ0v) is 16.7. The van der Waals surface area contributed by atoms with Crippen molar-refractivity contribution in [2.24, 2.45) is 11.8 Å². The number of carbonyl (C=O) groups excluding carboxylic acids is 2. The first-order chi connectivity index (χ1) is 14.0. The zero-order valence-electron chi connectivity index (χ0n) is 16.7. The second-order valence-corrected chi connectivity index (χ2v) is 7.77. The number of imidazole rings is 1. The highest BCUT2D eigenvalue weighted by Crippen LogP contribution is 2.27. The van der Waals surface area contributed by atoms with Crippen LogP contribution < -0.4 is 5.32 Å². The van der Waals surface area contributed by atoms with Crippen LogP contribution >= 0.6 is 0 Å². The van der Waals surface area contributed by atoms with Crippen LogP contribution in [0.5, 0.6) is 0 Å². The van der Waals surface area contributed by atoms with Crippen molar-refractivity contribution >= 4 is 22.8 Å². The third-order valence-electron chi connectivity index (χ3n) is 5.73. The normalized spacial score (nSPS) is 18.9. The largest absolute Gasteiger partial charge is 0.467 e. The summed E-state index contributed by atoms with van der Waals surface area (Å²) in [6.45, 7) is 4.99. The van der Waals surface area contributed by atoms with E-state index in [1.165, 1.54) is 0 Å². The molecule has 3 atom stereocenters. The summed E-state index contributed by atoms with van der Waals surface area (Å²) in [4.78, 5) is 35.1. The smallest absolute Gasteiger partial charge is 0.226 e. The van der Waals surface area contributed by atoms with Crippen LogP contribution in [0.1, 0.15) is 44.3 Å². The maximum atomic E-state index is 13.0. The number of likely N-dealkylation sites (tertiary alicyclic amines) is 1. The van der Waals surface area contributed by atoms with E-state index in [1.54, 1.807) is 17.2 Å². The molecule has 0 spiro atoms. The van der Waals surface area contributed by atoms with E-state index in [-0.39, 0.29) is 36.1 Å². The van der Waals surface area contributed by atoms with Gasteiger partial charge in [0, 0.05) is 13.0 Å². The van der Waals surface area contributed by atoms with E-state index < -0.39 is 0 Å². The van der Waals surface area contributed by atoms with Gasteiger partial charge in [-0.3, -0.25) is 9.59 Å². The molecule has 1 aromatic carbocycles. The number of H-pyrrole nitrogens is 1. The Hall–Kier alpha value is -3.09. The summed E-state index contributed by atoms with van der Waals surface area (Å²) < 4.78 is 5.33. The molecule has 2 aromatic heterocycles. The molecule has 3 aromatic rings. The number of carbonyl (C=O) groups is 2. The van der Waals surface area contributed by atoms with Gasteiger partial charge in [0.25, 0.3) is 0 Å². The van der Waals surface area contributed by atoms with Crippen molar-refractivity contribution in [1.82, 2.24) is 20.2 Å². The van der Waals surface area contributed by atoms with Crippen LogP contribution in [-0.2, 0) is 16.1 Å². The number of furan rings is 1. The van der Waals surface area contributed by atoms with E-state index in [4.69, 9.17) is 4.42 Å². The van der Waals surface area contributed by atoms with Crippen LogP contribution in [0.3, 0.4) is 0 Å². The molecule has 7 heteroatoms. The van der Waals surface area contributed by atoms with Gasteiger partial charge in [-0.2, -0.15) is 0 Å². The fraction of sp³-hybridized carbons (Fsp3) is 0.409. The van der Waals surface area contributed by atoms with Gasteiger partial charge in [-0.25, -0.2) is 4.98 Å². The minimum absolute atomic E-state index is 0.0228. The summed E-state index contributed by atoms with van der Waals surface area (Å²) in [6, 6.07) is 11.2. The van der Waals surface area contributed by atoms with Crippen LogP contribution in [0.2, 0.25) is 0 Å². The van der Waals surface area contributed by atoms with Gasteiger partial charge in [0.05, 0.1) is 35.8 Å². The minimum atomic E-state index is -0.367. The third kappa shape index (κ3) is 4.04. The van der Waals surface area contributed by atoms with Gasteiger partial charge >= 0.3 is 0 Å². The predicted octanol–water partition coefficient (Wildman–Crippen LogP) is 3.41. The standard InChI is InChI=1S/C22H26N4O3/c1-3-14(2)20(21-23-17-8-4-5-9-18(17)24-21)25-22(28)15-11-19(27)26(12-15)13-16-7-6-10-29-16/h4-10,14-15,20H,3,11-13H2,1-2H3,(H,23,24)(H,25,28)/t14-,15-,20+/m1/s1. The molecule has 1 fully saturated rings. The number of amides is 2. The van der Waals surface area contributed by atoms with Crippen molar-refractivity contribution in [1.29, 1.82) is 0 Å². The Labute approximate surface area is 169 Å². The van der Waals surface area contributed by atoms with Crippen molar-refractivity contribution in [3.05, 3.63) is 54.2 Å². The van der Waals surface area contributed by atoms with Crippen molar-refractivity contribution < 1.29 is 14.0 Å². The quantitative estimate of drug-likeness (QED) is 0.642. The van der Waals surface area contributed by atoms with E-state index >= 15 is 0 Å². The number of nitrogens with one attached hydrogen (secondary N) is 2. The molecule has 1 aliphatic rings. The Morgan fingerprint density at radius 3 is 2.90 bits per heavy atom. The fourth-order valence-electron chi connectivity index (χ4n) is 3.80. The number of hydrogen-bond acceptors (Lipinski definition) is 4. The first-order valence-electron chi connectivity index (χ1n) is 10.1. The van der Waals surface area contributed by atoms with Crippen molar-refractivity contribution in [3.63, 3.8) is 0 Å². The van der Waals surface area contributed by atoms with Crippen molar-refractivity contribution in [2.45, 2.75) is 39.3 Å². The van der Waals surface area contributed by atoms with Gasteiger partial charge in [0.2, 0.25) is 11.8 Å². The summed E-state index contributed by atoms with van der Waals surface area (Å²) in [5.74, 6) is 1.19. The van der Waals surface area contributed by atoms with E-state index in [2.05, 4.69) is 29.1 Å². The first kappa shape index (κ1) is 19.2. The number of benzene rings is 1. The van der Waals surface area contributed by atoms with Gasteiger partial charge < -0.3 is 19.6 Å². The second kappa shape index (κ2) is 8.11. The maximum Gasteiger partial charge on any atom is 0.226 e. The molecule has 0 radical (unpaired) electrons. The molecule has 0 aliphatic carbocycles. The monoisotopic (exact) mass is 394 g/mol. The molecule has 0 saturated carbocycles. The van der Waals surface area contributed by atoms with Gasteiger partial charge in [-0.05, 0) is 30.2 Å². The van der Waals surface area contributed by atoms with Gasteiger partial charge in [0.1, 0.15) is 11.6 Å². The fourth-order valence-corrected chi connectivity index (χ4v) is 3.80.